The van der Waals surface area contributed by atoms with E-state index in [9.17, 15) is 13.2 Å². The molecule has 0 aliphatic rings. The standard InChI is InChI=1S/C22H21ClN2O3S/c1-3-16-7-11-19(12-8-16)24-22(26)17-5-4-6-20(15-17)25(2)29(27,28)21-13-9-18(23)10-14-21/h4-15H,3H2,1-2H3,(H,24,26). The Kier molecular flexibility index (Phi) is 6.25. The molecule has 0 saturated heterocycles. The fourth-order valence-corrected chi connectivity index (χ4v) is 4.09. The number of anilines is 2. The van der Waals surface area contributed by atoms with Gasteiger partial charge in [0.1, 0.15) is 0 Å². The molecule has 150 valence electrons. The Morgan fingerprint density at radius 1 is 1.00 bits per heavy atom. The highest BCUT2D eigenvalue weighted by molar-refractivity contribution is 7.92. The van der Waals surface area contributed by atoms with E-state index in [-0.39, 0.29) is 10.8 Å². The van der Waals surface area contributed by atoms with Gasteiger partial charge >= 0.3 is 0 Å². The van der Waals surface area contributed by atoms with Crippen LogP contribution < -0.4 is 9.62 Å². The maximum Gasteiger partial charge on any atom is 0.264 e. The van der Waals surface area contributed by atoms with Gasteiger partial charge in [0.05, 0.1) is 10.6 Å². The number of hydrogen-bond donors (Lipinski definition) is 1. The van der Waals surface area contributed by atoms with Crippen LogP contribution in [0.25, 0.3) is 0 Å². The minimum Gasteiger partial charge on any atom is -0.322 e. The van der Waals surface area contributed by atoms with Gasteiger partial charge < -0.3 is 5.32 Å². The van der Waals surface area contributed by atoms with Gasteiger partial charge in [-0.05, 0) is 66.6 Å². The third kappa shape index (κ3) is 4.78. The summed E-state index contributed by atoms with van der Waals surface area (Å²) in [5, 5.41) is 3.29. The van der Waals surface area contributed by atoms with E-state index in [1.807, 2.05) is 24.3 Å². The molecule has 5 nitrogen and oxygen atoms in total. The number of rotatable bonds is 6. The molecule has 3 aromatic carbocycles. The lowest BCUT2D eigenvalue weighted by Crippen LogP contribution is -2.26. The van der Waals surface area contributed by atoms with Crippen molar-refractivity contribution in [2.24, 2.45) is 0 Å². The lowest BCUT2D eigenvalue weighted by atomic mass is 10.1. The molecule has 0 fully saturated rings. The maximum atomic E-state index is 12.9. The van der Waals surface area contributed by atoms with E-state index in [1.165, 1.54) is 36.9 Å². The second-order valence-corrected chi connectivity index (χ2v) is 8.89. The molecule has 29 heavy (non-hydrogen) atoms. The van der Waals surface area contributed by atoms with Gasteiger partial charge in [-0.15, -0.1) is 0 Å². The number of carbonyl (C=O) groups excluding carboxylic acids is 1. The molecule has 0 unspecified atom stereocenters. The number of amides is 1. The molecule has 0 bridgehead atoms. The first-order chi connectivity index (χ1) is 13.8. The van der Waals surface area contributed by atoms with Gasteiger partial charge in [-0.3, -0.25) is 9.10 Å². The summed E-state index contributed by atoms with van der Waals surface area (Å²) in [6.45, 7) is 2.06. The van der Waals surface area contributed by atoms with E-state index in [0.717, 1.165) is 10.7 Å². The van der Waals surface area contributed by atoms with Crippen molar-refractivity contribution in [1.29, 1.82) is 0 Å². The quantitative estimate of drug-likeness (QED) is 0.602. The number of nitrogens with one attached hydrogen (secondary N) is 1. The van der Waals surface area contributed by atoms with Crippen molar-refractivity contribution in [1.82, 2.24) is 0 Å². The Labute approximate surface area is 176 Å². The summed E-state index contributed by atoms with van der Waals surface area (Å²) >= 11 is 5.84. The first kappa shape index (κ1) is 20.9. The molecule has 1 amide bonds. The number of benzene rings is 3. The number of aryl methyl sites for hydroxylation is 1. The van der Waals surface area contributed by atoms with Crippen LogP contribution in [0.2, 0.25) is 5.02 Å². The molecule has 0 aliphatic heterocycles. The second-order valence-electron chi connectivity index (χ2n) is 6.48. The highest BCUT2D eigenvalue weighted by Crippen LogP contribution is 2.24. The summed E-state index contributed by atoms with van der Waals surface area (Å²) in [6.07, 6.45) is 0.921. The monoisotopic (exact) mass is 428 g/mol. The Balaban J connectivity index is 1.82. The zero-order valence-corrected chi connectivity index (χ0v) is 17.7. The molecule has 0 spiro atoms. The Bertz CT molecular complexity index is 1110. The summed E-state index contributed by atoms with van der Waals surface area (Å²) in [6, 6.07) is 20.0. The van der Waals surface area contributed by atoms with Crippen molar-refractivity contribution in [2.45, 2.75) is 18.2 Å². The fraction of sp³-hybridized carbons (Fsp3) is 0.136. The Hall–Kier alpha value is -2.83. The molecule has 0 radical (unpaired) electrons. The third-order valence-corrected chi connectivity index (χ3v) is 6.62. The highest BCUT2D eigenvalue weighted by Gasteiger charge is 2.22. The van der Waals surface area contributed by atoms with Gasteiger partial charge in [-0.1, -0.05) is 36.7 Å². The van der Waals surface area contributed by atoms with Crippen molar-refractivity contribution in [3.63, 3.8) is 0 Å². The lowest BCUT2D eigenvalue weighted by molar-refractivity contribution is 0.102. The fourth-order valence-electron chi connectivity index (χ4n) is 2.77. The maximum absolute atomic E-state index is 12.9. The SMILES string of the molecule is CCc1ccc(NC(=O)c2cccc(N(C)S(=O)(=O)c3ccc(Cl)cc3)c2)cc1. The molecular formula is C22H21ClN2O3S. The first-order valence-electron chi connectivity index (χ1n) is 9.06. The molecule has 3 aromatic rings. The van der Waals surface area contributed by atoms with Crippen LogP contribution in [0, 0.1) is 0 Å². The molecule has 0 aliphatic carbocycles. The van der Waals surface area contributed by atoms with Gasteiger partial charge in [-0.25, -0.2) is 8.42 Å². The van der Waals surface area contributed by atoms with Crippen LogP contribution in [0.15, 0.2) is 77.7 Å². The van der Waals surface area contributed by atoms with Crippen molar-refractivity contribution < 1.29 is 13.2 Å². The van der Waals surface area contributed by atoms with E-state index < -0.39 is 10.0 Å². The van der Waals surface area contributed by atoms with Gasteiger partial charge in [0.25, 0.3) is 15.9 Å². The lowest BCUT2D eigenvalue weighted by Gasteiger charge is -2.20. The normalized spacial score (nSPS) is 11.1. The minimum absolute atomic E-state index is 0.121. The molecule has 7 heteroatoms. The molecular weight excluding hydrogens is 408 g/mol. The third-order valence-electron chi connectivity index (χ3n) is 4.56. The van der Waals surface area contributed by atoms with Gasteiger partial charge in [0, 0.05) is 23.3 Å². The van der Waals surface area contributed by atoms with Crippen LogP contribution >= 0.6 is 11.6 Å². The molecule has 1 N–H and O–H groups in total. The predicted molar refractivity (Wildman–Crippen MR) is 117 cm³/mol. The van der Waals surface area contributed by atoms with Crippen LogP contribution in [0.5, 0.6) is 0 Å². The number of sulfonamides is 1. The van der Waals surface area contributed by atoms with Crippen molar-refractivity contribution in [3.8, 4) is 0 Å². The number of halogens is 1. The van der Waals surface area contributed by atoms with Crippen LogP contribution in [0.3, 0.4) is 0 Å². The average Bonchev–Trinajstić information content (AvgIpc) is 2.74. The molecule has 0 saturated carbocycles. The van der Waals surface area contributed by atoms with E-state index in [4.69, 9.17) is 11.6 Å². The zero-order chi connectivity index (χ0) is 21.0. The van der Waals surface area contributed by atoms with Gasteiger partial charge in [0.2, 0.25) is 0 Å². The Morgan fingerprint density at radius 3 is 2.28 bits per heavy atom. The molecule has 0 atom stereocenters. The smallest absolute Gasteiger partial charge is 0.264 e. The van der Waals surface area contributed by atoms with Gasteiger partial charge in [0.15, 0.2) is 0 Å². The van der Waals surface area contributed by atoms with E-state index in [0.29, 0.717) is 22.0 Å². The summed E-state index contributed by atoms with van der Waals surface area (Å²) < 4.78 is 26.9. The van der Waals surface area contributed by atoms with Crippen LogP contribution in [-0.4, -0.2) is 21.4 Å². The van der Waals surface area contributed by atoms with E-state index >= 15 is 0 Å². The topological polar surface area (TPSA) is 66.5 Å². The van der Waals surface area contributed by atoms with Crippen molar-refractivity contribution in [2.75, 3.05) is 16.7 Å². The summed E-state index contributed by atoms with van der Waals surface area (Å²) in [4.78, 5) is 12.7. The summed E-state index contributed by atoms with van der Waals surface area (Å²) in [5.74, 6) is -0.312. The number of carbonyl (C=O) groups is 1. The zero-order valence-electron chi connectivity index (χ0n) is 16.1. The van der Waals surface area contributed by atoms with Crippen molar-refractivity contribution >= 4 is 38.9 Å². The van der Waals surface area contributed by atoms with E-state index in [2.05, 4.69) is 12.2 Å². The second kappa shape index (κ2) is 8.68. The predicted octanol–water partition coefficient (Wildman–Crippen LogP) is 4.98. The molecule has 3 rings (SSSR count). The van der Waals surface area contributed by atoms with Crippen molar-refractivity contribution in [3.05, 3.63) is 88.9 Å². The summed E-state index contributed by atoms with van der Waals surface area (Å²) in [7, 11) is -2.33. The minimum atomic E-state index is -3.77. The summed E-state index contributed by atoms with van der Waals surface area (Å²) in [5.41, 5.74) is 2.60. The highest BCUT2D eigenvalue weighted by atomic mass is 35.5. The van der Waals surface area contributed by atoms with Crippen LogP contribution in [-0.2, 0) is 16.4 Å². The molecule has 0 heterocycles. The Morgan fingerprint density at radius 2 is 1.66 bits per heavy atom. The number of hydrogen-bond acceptors (Lipinski definition) is 3. The molecule has 0 aromatic heterocycles. The number of nitrogens with zero attached hydrogens (tertiary/aromatic N) is 1. The van der Waals surface area contributed by atoms with Crippen LogP contribution in [0.4, 0.5) is 11.4 Å². The first-order valence-corrected chi connectivity index (χ1v) is 10.9. The largest absolute Gasteiger partial charge is 0.322 e. The average molecular weight is 429 g/mol. The van der Waals surface area contributed by atoms with Gasteiger partial charge in [-0.2, -0.15) is 0 Å². The van der Waals surface area contributed by atoms with E-state index in [1.54, 1.807) is 24.3 Å². The van der Waals surface area contributed by atoms with Crippen LogP contribution in [0.1, 0.15) is 22.8 Å².